The second kappa shape index (κ2) is 10.3. The van der Waals surface area contributed by atoms with Crippen LogP contribution in [0.5, 0.6) is 0 Å². The SMILES string of the molecule is CCOP(=O)(OCC)[C@H](NC(=O)OC(C)(C)C)[C@@H]1[C@@H](C)OC(C)(C)N1C(=O)OC(C)(C)C. The fraction of sp³-hybridized carbons (Fsp3) is 0.905. The zero-order valence-electron chi connectivity index (χ0n) is 21.3. The van der Waals surface area contributed by atoms with E-state index in [1.54, 1.807) is 76.2 Å². The first-order valence-electron chi connectivity index (χ1n) is 11.0. The van der Waals surface area contributed by atoms with Crippen LogP contribution in [-0.4, -0.2) is 65.2 Å². The molecule has 0 spiro atoms. The van der Waals surface area contributed by atoms with Crippen LogP contribution in [0.1, 0.15) is 76.2 Å². The van der Waals surface area contributed by atoms with Gasteiger partial charge in [-0.15, -0.1) is 0 Å². The molecule has 10 nitrogen and oxygen atoms in total. The van der Waals surface area contributed by atoms with Crippen LogP contribution < -0.4 is 5.32 Å². The summed E-state index contributed by atoms with van der Waals surface area (Å²) in [7, 11) is -3.96. The van der Waals surface area contributed by atoms with Gasteiger partial charge in [-0.2, -0.15) is 0 Å². The Balaban J connectivity index is 3.53. The highest BCUT2D eigenvalue weighted by Gasteiger charge is 2.58. The molecule has 0 aliphatic carbocycles. The first-order chi connectivity index (χ1) is 14.4. The van der Waals surface area contributed by atoms with Crippen LogP contribution in [0.4, 0.5) is 9.59 Å². The summed E-state index contributed by atoms with van der Waals surface area (Å²) >= 11 is 0. The van der Waals surface area contributed by atoms with Gasteiger partial charge in [-0.25, -0.2) is 9.59 Å². The lowest BCUT2D eigenvalue weighted by atomic mass is 10.1. The van der Waals surface area contributed by atoms with Crippen LogP contribution in [-0.2, 0) is 27.8 Å². The molecular weight excluding hydrogens is 439 g/mol. The highest BCUT2D eigenvalue weighted by molar-refractivity contribution is 7.54. The summed E-state index contributed by atoms with van der Waals surface area (Å²) in [6.45, 7) is 19.0. The fourth-order valence-electron chi connectivity index (χ4n) is 3.54. The second-order valence-corrected chi connectivity index (χ2v) is 12.2. The first kappa shape index (κ1) is 28.7. The minimum absolute atomic E-state index is 0.0710. The van der Waals surface area contributed by atoms with Gasteiger partial charge in [0.15, 0.2) is 5.78 Å². The number of alkyl carbamates (subject to hydrolysis) is 1. The van der Waals surface area contributed by atoms with E-state index in [-0.39, 0.29) is 13.2 Å². The summed E-state index contributed by atoms with van der Waals surface area (Å²) in [5, 5.41) is 2.64. The van der Waals surface area contributed by atoms with Crippen LogP contribution in [0.25, 0.3) is 0 Å². The third-order valence-corrected chi connectivity index (χ3v) is 6.72. The molecule has 1 saturated heterocycles. The molecule has 1 aliphatic rings. The average molecular weight is 481 g/mol. The Bertz CT molecular complexity index is 704. The Morgan fingerprint density at radius 2 is 1.50 bits per heavy atom. The molecule has 0 bridgehead atoms. The summed E-state index contributed by atoms with van der Waals surface area (Å²) in [6.07, 6.45) is -2.12. The lowest BCUT2D eigenvalue weighted by Gasteiger charge is -2.39. The molecule has 1 rings (SSSR count). The highest BCUT2D eigenvalue weighted by Crippen LogP contribution is 2.56. The van der Waals surface area contributed by atoms with Gasteiger partial charge >= 0.3 is 19.8 Å². The molecule has 0 aromatic heterocycles. The minimum Gasteiger partial charge on any atom is -0.444 e. The molecule has 1 fully saturated rings. The quantitative estimate of drug-likeness (QED) is 0.514. The van der Waals surface area contributed by atoms with E-state index in [0.717, 1.165) is 0 Å². The Hall–Kier alpha value is -1.35. The van der Waals surface area contributed by atoms with E-state index in [2.05, 4.69) is 5.32 Å². The average Bonchev–Trinajstić information content (AvgIpc) is 2.78. The van der Waals surface area contributed by atoms with Crippen molar-refractivity contribution in [3.8, 4) is 0 Å². The molecule has 32 heavy (non-hydrogen) atoms. The molecular formula is C21H41N2O8P. The monoisotopic (exact) mass is 480 g/mol. The highest BCUT2D eigenvalue weighted by atomic mass is 31.2. The van der Waals surface area contributed by atoms with Crippen LogP contribution >= 0.6 is 7.60 Å². The van der Waals surface area contributed by atoms with Crippen molar-refractivity contribution in [2.24, 2.45) is 0 Å². The van der Waals surface area contributed by atoms with E-state index in [4.69, 9.17) is 23.3 Å². The molecule has 0 aromatic carbocycles. The van der Waals surface area contributed by atoms with Gasteiger partial charge in [0, 0.05) is 0 Å². The Morgan fingerprint density at radius 3 is 1.91 bits per heavy atom. The van der Waals surface area contributed by atoms with Crippen LogP contribution in [0.15, 0.2) is 0 Å². The van der Waals surface area contributed by atoms with Gasteiger partial charge in [-0.05, 0) is 76.2 Å². The smallest absolute Gasteiger partial charge is 0.413 e. The molecule has 188 valence electrons. The zero-order valence-corrected chi connectivity index (χ0v) is 22.2. The second-order valence-electron chi connectivity index (χ2n) is 10.1. The van der Waals surface area contributed by atoms with Crippen molar-refractivity contribution in [1.29, 1.82) is 0 Å². The molecule has 11 heteroatoms. The van der Waals surface area contributed by atoms with Crippen molar-refractivity contribution < 1.29 is 37.4 Å². The molecule has 2 amide bonds. The Labute approximate surface area is 192 Å². The number of amides is 2. The number of ether oxygens (including phenoxy) is 3. The third kappa shape index (κ3) is 7.61. The van der Waals surface area contributed by atoms with Gasteiger partial charge in [0.2, 0.25) is 0 Å². The van der Waals surface area contributed by atoms with E-state index in [1.165, 1.54) is 4.90 Å². The maximum atomic E-state index is 13.9. The summed E-state index contributed by atoms with van der Waals surface area (Å²) in [5.74, 6) is -1.26. The maximum absolute atomic E-state index is 13.9. The van der Waals surface area contributed by atoms with Crippen LogP contribution in [0.3, 0.4) is 0 Å². The van der Waals surface area contributed by atoms with Crippen molar-refractivity contribution in [2.75, 3.05) is 13.2 Å². The largest absolute Gasteiger partial charge is 0.444 e. The van der Waals surface area contributed by atoms with Gasteiger partial charge < -0.3 is 28.6 Å². The Kier molecular flexibility index (Phi) is 9.22. The van der Waals surface area contributed by atoms with E-state index < -0.39 is 54.6 Å². The Morgan fingerprint density at radius 1 is 1.03 bits per heavy atom. The normalized spacial score (nSPS) is 22.4. The van der Waals surface area contributed by atoms with E-state index in [0.29, 0.717) is 0 Å². The molecule has 3 atom stereocenters. The predicted molar refractivity (Wildman–Crippen MR) is 121 cm³/mol. The fourth-order valence-corrected chi connectivity index (χ4v) is 5.67. The summed E-state index contributed by atoms with van der Waals surface area (Å²) < 4.78 is 42.0. The molecule has 0 unspecified atom stereocenters. The number of carbonyl (C=O) groups is 2. The lowest BCUT2D eigenvalue weighted by Crippen LogP contribution is -2.58. The molecule has 1 aliphatic heterocycles. The van der Waals surface area contributed by atoms with Gasteiger partial charge in [0.25, 0.3) is 0 Å². The number of nitrogens with zero attached hydrogens (tertiary/aromatic N) is 1. The van der Waals surface area contributed by atoms with E-state index >= 15 is 0 Å². The minimum atomic E-state index is -3.96. The zero-order chi connectivity index (χ0) is 25.1. The van der Waals surface area contributed by atoms with Crippen molar-refractivity contribution >= 4 is 19.8 Å². The molecule has 0 saturated carbocycles. The van der Waals surface area contributed by atoms with Crippen LogP contribution in [0.2, 0.25) is 0 Å². The summed E-state index contributed by atoms with van der Waals surface area (Å²) in [5.41, 5.74) is -2.68. The number of rotatable bonds is 7. The van der Waals surface area contributed by atoms with Gasteiger partial charge in [-0.3, -0.25) is 9.46 Å². The van der Waals surface area contributed by atoms with Crippen molar-refractivity contribution in [2.45, 2.75) is 111 Å². The molecule has 1 N–H and O–H groups in total. The standard InChI is InChI=1S/C21H41N2O8P/c1-12-27-32(26,28-13-2)16(22-17(24)30-19(4,5)6)15-14(3)29-21(10,11)23(15)18(25)31-20(7,8)9/h14-16H,12-13H2,1-11H3,(H,22,24)/t14-,15+,16+/m1/s1. The maximum Gasteiger partial charge on any atom is 0.413 e. The topological polar surface area (TPSA) is 113 Å². The third-order valence-electron chi connectivity index (χ3n) is 4.37. The summed E-state index contributed by atoms with van der Waals surface area (Å²) in [4.78, 5) is 27.3. The van der Waals surface area contributed by atoms with Crippen molar-refractivity contribution in [3.05, 3.63) is 0 Å². The number of hydrogen-bond donors (Lipinski definition) is 1. The van der Waals surface area contributed by atoms with Gasteiger partial charge in [0.05, 0.1) is 25.4 Å². The van der Waals surface area contributed by atoms with Crippen molar-refractivity contribution in [3.63, 3.8) is 0 Å². The summed E-state index contributed by atoms with van der Waals surface area (Å²) in [6, 6.07) is -0.920. The number of carbonyl (C=O) groups excluding carboxylic acids is 2. The van der Waals surface area contributed by atoms with Crippen molar-refractivity contribution in [1.82, 2.24) is 10.2 Å². The first-order valence-corrected chi connectivity index (χ1v) is 12.6. The molecule has 0 radical (unpaired) electrons. The van der Waals surface area contributed by atoms with E-state index in [9.17, 15) is 14.2 Å². The number of nitrogens with one attached hydrogen (secondary N) is 1. The van der Waals surface area contributed by atoms with Gasteiger partial charge in [0.1, 0.15) is 16.9 Å². The number of hydrogen-bond acceptors (Lipinski definition) is 8. The predicted octanol–water partition coefficient (Wildman–Crippen LogP) is 4.86. The van der Waals surface area contributed by atoms with Gasteiger partial charge in [-0.1, -0.05) is 0 Å². The molecule has 0 aromatic rings. The lowest BCUT2D eigenvalue weighted by molar-refractivity contribution is -0.0758. The molecule has 1 heterocycles. The van der Waals surface area contributed by atoms with E-state index in [1.807, 2.05) is 0 Å². The van der Waals surface area contributed by atoms with Crippen LogP contribution in [0, 0.1) is 0 Å².